The zero-order valence-corrected chi connectivity index (χ0v) is 14.4. The smallest absolute Gasteiger partial charge is 0.282 e. The van der Waals surface area contributed by atoms with Crippen LogP contribution in [0.3, 0.4) is 0 Å². The molecule has 0 amide bonds. The molecule has 0 aliphatic carbocycles. The third kappa shape index (κ3) is 3.37. The van der Waals surface area contributed by atoms with Crippen LogP contribution in [-0.2, 0) is 10.2 Å². The number of aromatic nitrogens is 3. The molecule has 128 valence electrons. The maximum absolute atomic E-state index is 12.5. The van der Waals surface area contributed by atoms with E-state index in [9.17, 15) is 8.42 Å². The largest absolute Gasteiger partial charge is 0.309 e. The van der Waals surface area contributed by atoms with Gasteiger partial charge in [-0.15, -0.1) is 0 Å². The molecular formula is C15H20N6O2S. The number of hydrogen-bond donors (Lipinski definition) is 1. The summed E-state index contributed by atoms with van der Waals surface area (Å²) >= 11 is 0. The summed E-state index contributed by atoms with van der Waals surface area (Å²) in [6.07, 6.45) is 4.85. The molecule has 1 N–H and O–H groups in total. The summed E-state index contributed by atoms with van der Waals surface area (Å²) in [7, 11) is -0.375. The van der Waals surface area contributed by atoms with Crippen molar-refractivity contribution in [2.24, 2.45) is 0 Å². The van der Waals surface area contributed by atoms with Crippen molar-refractivity contribution >= 4 is 22.0 Å². The monoisotopic (exact) mass is 348 g/mol. The highest BCUT2D eigenvalue weighted by Gasteiger charge is 2.37. The summed E-state index contributed by atoms with van der Waals surface area (Å²) in [5.74, 6) is 1.04. The van der Waals surface area contributed by atoms with Gasteiger partial charge in [-0.2, -0.15) is 17.0 Å². The first-order chi connectivity index (χ1) is 11.5. The molecule has 2 aromatic rings. The number of hydrogen-bond acceptors (Lipinski definition) is 6. The highest BCUT2D eigenvalue weighted by Crippen LogP contribution is 2.34. The van der Waals surface area contributed by atoms with Crippen molar-refractivity contribution in [1.82, 2.24) is 23.6 Å². The minimum absolute atomic E-state index is 0.254. The summed E-state index contributed by atoms with van der Waals surface area (Å²) in [4.78, 5) is 12.8. The molecule has 1 fully saturated rings. The fraction of sp³-hybridized carbons (Fsp3) is 0.400. The van der Waals surface area contributed by atoms with Crippen molar-refractivity contribution < 1.29 is 8.42 Å². The van der Waals surface area contributed by atoms with Crippen LogP contribution in [0.25, 0.3) is 0 Å². The van der Waals surface area contributed by atoms with Crippen molar-refractivity contribution in [3.8, 4) is 0 Å². The fourth-order valence-corrected chi connectivity index (χ4v) is 4.02. The average Bonchev–Trinajstić information content (AvgIpc) is 3.06. The van der Waals surface area contributed by atoms with Gasteiger partial charge in [0.15, 0.2) is 0 Å². The first-order valence-electron chi connectivity index (χ1n) is 7.69. The molecule has 1 aliphatic heterocycles. The molecule has 1 saturated heterocycles. The third-order valence-electron chi connectivity index (χ3n) is 3.88. The zero-order valence-electron chi connectivity index (χ0n) is 13.6. The topological polar surface area (TPSA) is 91.3 Å². The minimum atomic E-state index is -3.46. The average molecular weight is 348 g/mol. The van der Waals surface area contributed by atoms with E-state index in [0.29, 0.717) is 18.3 Å². The van der Waals surface area contributed by atoms with E-state index in [1.54, 1.807) is 38.6 Å². The van der Waals surface area contributed by atoms with E-state index >= 15 is 0 Å². The Morgan fingerprint density at radius 3 is 2.67 bits per heavy atom. The number of nitrogens with one attached hydrogen (secondary N) is 1. The molecule has 2 aromatic heterocycles. The highest BCUT2D eigenvalue weighted by molar-refractivity contribution is 7.86. The van der Waals surface area contributed by atoms with Crippen molar-refractivity contribution in [1.29, 1.82) is 0 Å². The Morgan fingerprint density at radius 2 is 1.96 bits per heavy atom. The van der Waals surface area contributed by atoms with E-state index < -0.39 is 10.2 Å². The van der Waals surface area contributed by atoms with Gasteiger partial charge in [0, 0.05) is 33.0 Å². The molecule has 24 heavy (non-hydrogen) atoms. The van der Waals surface area contributed by atoms with Gasteiger partial charge in [-0.3, -0.25) is 0 Å². The zero-order chi connectivity index (χ0) is 17.2. The van der Waals surface area contributed by atoms with Crippen molar-refractivity contribution in [3.05, 3.63) is 42.4 Å². The number of nitrogens with zero attached hydrogens (tertiary/aromatic N) is 5. The van der Waals surface area contributed by atoms with Gasteiger partial charge in [0.25, 0.3) is 10.2 Å². The predicted molar refractivity (Wildman–Crippen MR) is 90.8 cm³/mol. The van der Waals surface area contributed by atoms with Gasteiger partial charge in [-0.25, -0.2) is 15.0 Å². The summed E-state index contributed by atoms with van der Waals surface area (Å²) < 4.78 is 27.7. The van der Waals surface area contributed by atoms with Crippen molar-refractivity contribution in [3.63, 3.8) is 0 Å². The number of anilines is 2. The Morgan fingerprint density at radius 1 is 1.21 bits per heavy atom. The molecule has 3 rings (SSSR count). The van der Waals surface area contributed by atoms with Crippen LogP contribution in [0.1, 0.15) is 24.6 Å². The van der Waals surface area contributed by atoms with Gasteiger partial charge in [0.1, 0.15) is 5.82 Å². The lowest BCUT2D eigenvalue weighted by Gasteiger charge is -2.26. The Hall–Kier alpha value is -2.10. The van der Waals surface area contributed by atoms with Crippen LogP contribution in [0.5, 0.6) is 0 Å². The van der Waals surface area contributed by atoms with Crippen LogP contribution < -0.4 is 5.32 Å². The van der Waals surface area contributed by atoms with Gasteiger partial charge in [0.2, 0.25) is 5.95 Å². The normalized spacial score (nSPS) is 18.9. The van der Waals surface area contributed by atoms with Crippen LogP contribution in [-0.4, -0.2) is 52.6 Å². The summed E-state index contributed by atoms with van der Waals surface area (Å²) in [5.41, 5.74) is 0.721. The standard InChI is InChI=1S/C15H20N6O2S/c1-20(2)24(22,23)21-11-4-7-13(21)12-6-3-8-14(18-12)19-15-16-9-5-10-17-15/h3,5-6,8-10,13H,4,7,11H2,1-2H3,(H,16,17,18,19)/t13-/m0/s1. The lowest BCUT2D eigenvalue weighted by Crippen LogP contribution is -2.39. The first-order valence-corrected chi connectivity index (χ1v) is 9.08. The van der Waals surface area contributed by atoms with Crippen LogP contribution in [0.4, 0.5) is 11.8 Å². The van der Waals surface area contributed by atoms with Gasteiger partial charge in [-0.05, 0) is 31.0 Å². The van der Waals surface area contributed by atoms with Crippen LogP contribution in [0.15, 0.2) is 36.7 Å². The van der Waals surface area contributed by atoms with E-state index in [4.69, 9.17) is 0 Å². The van der Waals surface area contributed by atoms with Crippen LogP contribution in [0, 0.1) is 0 Å². The molecular weight excluding hydrogens is 328 g/mol. The SMILES string of the molecule is CN(C)S(=O)(=O)N1CCC[C@H]1c1cccc(Nc2ncccn2)n1. The Kier molecular flexibility index (Phi) is 4.74. The molecule has 3 heterocycles. The van der Waals surface area contributed by atoms with Gasteiger partial charge in [0.05, 0.1) is 11.7 Å². The summed E-state index contributed by atoms with van der Waals surface area (Å²) in [6, 6.07) is 6.99. The Labute approximate surface area is 141 Å². The van der Waals surface area contributed by atoms with E-state index in [-0.39, 0.29) is 6.04 Å². The quantitative estimate of drug-likeness (QED) is 0.882. The maximum atomic E-state index is 12.5. The summed E-state index contributed by atoms with van der Waals surface area (Å²) in [6.45, 7) is 0.506. The van der Waals surface area contributed by atoms with Gasteiger partial charge in [-0.1, -0.05) is 6.07 Å². The molecule has 0 saturated carbocycles. The molecule has 0 aromatic carbocycles. The van der Waals surface area contributed by atoms with E-state index in [1.165, 1.54) is 8.61 Å². The molecule has 9 heteroatoms. The number of rotatable bonds is 5. The van der Waals surface area contributed by atoms with E-state index in [0.717, 1.165) is 18.5 Å². The predicted octanol–water partition coefficient (Wildman–Crippen LogP) is 1.56. The molecule has 1 aliphatic rings. The van der Waals surface area contributed by atoms with Gasteiger partial charge < -0.3 is 5.32 Å². The third-order valence-corrected chi connectivity index (χ3v) is 5.83. The molecule has 1 atom stereocenters. The van der Waals surface area contributed by atoms with E-state index in [1.807, 2.05) is 12.1 Å². The second-order valence-corrected chi connectivity index (χ2v) is 7.80. The summed E-state index contributed by atoms with van der Waals surface area (Å²) in [5, 5.41) is 3.03. The minimum Gasteiger partial charge on any atom is -0.309 e. The first kappa shape index (κ1) is 16.7. The van der Waals surface area contributed by atoms with Crippen molar-refractivity contribution in [2.75, 3.05) is 26.0 Å². The fourth-order valence-electron chi connectivity index (χ4n) is 2.71. The molecule has 0 radical (unpaired) electrons. The second-order valence-electron chi connectivity index (χ2n) is 5.70. The highest BCUT2D eigenvalue weighted by atomic mass is 32.2. The van der Waals surface area contributed by atoms with Gasteiger partial charge >= 0.3 is 0 Å². The molecule has 8 nitrogen and oxygen atoms in total. The maximum Gasteiger partial charge on any atom is 0.282 e. The molecule has 0 unspecified atom stereocenters. The molecule has 0 bridgehead atoms. The Balaban J connectivity index is 1.85. The van der Waals surface area contributed by atoms with Crippen LogP contribution in [0.2, 0.25) is 0 Å². The Bertz CT molecular complexity index is 797. The molecule has 0 spiro atoms. The van der Waals surface area contributed by atoms with E-state index in [2.05, 4.69) is 20.3 Å². The number of pyridine rings is 1. The lowest BCUT2D eigenvalue weighted by molar-refractivity contribution is 0.358. The second kappa shape index (κ2) is 6.80. The lowest BCUT2D eigenvalue weighted by atomic mass is 10.1. The van der Waals surface area contributed by atoms with Crippen LogP contribution >= 0.6 is 0 Å². The van der Waals surface area contributed by atoms with Crippen molar-refractivity contribution in [2.45, 2.75) is 18.9 Å².